The number of likely N-dealkylation sites (tertiary alicyclic amines) is 1. The summed E-state index contributed by atoms with van der Waals surface area (Å²) in [5.74, 6) is 1.70. The van der Waals surface area contributed by atoms with Gasteiger partial charge in [-0.15, -0.1) is 0 Å². The predicted molar refractivity (Wildman–Crippen MR) is 131 cm³/mol. The molecule has 0 radical (unpaired) electrons. The first-order valence-corrected chi connectivity index (χ1v) is 12.3. The number of amides is 1. The van der Waals surface area contributed by atoms with E-state index in [1.165, 1.54) is 5.56 Å². The van der Waals surface area contributed by atoms with Crippen molar-refractivity contribution in [1.29, 1.82) is 0 Å². The lowest BCUT2D eigenvalue weighted by atomic mass is 9.77. The Bertz CT molecular complexity index is 953. The van der Waals surface area contributed by atoms with Gasteiger partial charge in [0.15, 0.2) is 11.5 Å². The Hall–Kier alpha value is -2.57. The van der Waals surface area contributed by atoms with Gasteiger partial charge >= 0.3 is 0 Å². The highest BCUT2D eigenvalue weighted by atomic mass is 16.5. The molecule has 2 aliphatic heterocycles. The van der Waals surface area contributed by atoms with Gasteiger partial charge in [0.1, 0.15) is 0 Å². The summed E-state index contributed by atoms with van der Waals surface area (Å²) >= 11 is 0. The molecule has 0 aliphatic carbocycles. The maximum atomic E-state index is 13.3. The molecule has 1 amide bonds. The maximum Gasteiger partial charge on any atom is 0.253 e. The number of ether oxygens (including phenoxy) is 4. The number of hydrogen-bond donors (Lipinski definition) is 0. The third-order valence-corrected chi connectivity index (χ3v) is 6.91. The van der Waals surface area contributed by atoms with Crippen LogP contribution in [0.1, 0.15) is 61.6 Å². The van der Waals surface area contributed by atoms with Crippen LogP contribution in [0.2, 0.25) is 0 Å². The van der Waals surface area contributed by atoms with E-state index in [2.05, 4.69) is 24.3 Å². The zero-order valence-corrected chi connectivity index (χ0v) is 20.8. The van der Waals surface area contributed by atoms with Gasteiger partial charge in [-0.25, -0.2) is 0 Å². The van der Waals surface area contributed by atoms with E-state index in [1.807, 2.05) is 36.9 Å². The first-order chi connectivity index (χ1) is 16.4. The molecule has 6 nitrogen and oxygen atoms in total. The van der Waals surface area contributed by atoms with Crippen LogP contribution >= 0.6 is 0 Å². The summed E-state index contributed by atoms with van der Waals surface area (Å²) in [5, 5.41) is 0. The summed E-state index contributed by atoms with van der Waals surface area (Å²) < 4.78 is 23.6. The van der Waals surface area contributed by atoms with E-state index in [0.717, 1.165) is 32.3 Å². The molecule has 4 rings (SSSR count). The molecule has 2 aromatic rings. The van der Waals surface area contributed by atoms with Crippen LogP contribution in [0.5, 0.6) is 11.5 Å². The number of piperidine rings is 1. The van der Waals surface area contributed by atoms with Crippen molar-refractivity contribution in [3.8, 4) is 11.5 Å². The molecular weight excluding hydrogens is 430 g/mol. The Morgan fingerprint density at radius 3 is 2.47 bits per heavy atom. The van der Waals surface area contributed by atoms with Crippen LogP contribution in [0, 0.1) is 5.92 Å². The highest BCUT2D eigenvalue weighted by Crippen LogP contribution is 2.45. The molecule has 2 unspecified atom stereocenters. The summed E-state index contributed by atoms with van der Waals surface area (Å²) in [4.78, 5) is 15.2. The van der Waals surface area contributed by atoms with E-state index in [9.17, 15) is 4.79 Å². The number of benzene rings is 2. The summed E-state index contributed by atoms with van der Waals surface area (Å²) in [6, 6.07) is 15.9. The molecule has 2 fully saturated rings. The summed E-state index contributed by atoms with van der Waals surface area (Å²) in [5.41, 5.74) is 1.62. The van der Waals surface area contributed by atoms with E-state index in [4.69, 9.17) is 18.9 Å². The lowest BCUT2D eigenvalue weighted by Gasteiger charge is -2.49. The third-order valence-electron chi connectivity index (χ3n) is 6.91. The zero-order valence-electron chi connectivity index (χ0n) is 20.8. The standard InChI is InChI=1S/C28H37NO5/c1-20(2)33-24-11-10-23(17-26(24)32-4)27(30)29-14-12-28(13-15-29)18-21(19-31-3)16-25(34-28)22-8-6-5-7-9-22/h5-11,17,20-21,25H,12-16,18-19H2,1-4H3. The zero-order chi connectivity index (χ0) is 24.1. The molecular formula is C28H37NO5. The van der Waals surface area contributed by atoms with Gasteiger partial charge in [0.25, 0.3) is 5.91 Å². The number of carbonyl (C=O) groups is 1. The predicted octanol–water partition coefficient (Wildman–Crippen LogP) is 5.27. The Labute approximate surface area is 203 Å². The Kier molecular flexibility index (Phi) is 7.79. The number of nitrogens with zero attached hydrogens (tertiary/aromatic N) is 1. The minimum absolute atomic E-state index is 0.0214. The molecule has 0 bridgehead atoms. The van der Waals surface area contributed by atoms with Crippen molar-refractivity contribution < 1.29 is 23.7 Å². The van der Waals surface area contributed by atoms with Gasteiger partial charge in [0.05, 0.1) is 24.9 Å². The fourth-order valence-corrected chi connectivity index (χ4v) is 5.32. The molecule has 2 atom stereocenters. The average molecular weight is 468 g/mol. The molecule has 0 aromatic heterocycles. The van der Waals surface area contributed by atoms with Crippen LogP contribution in [0.3, 0.4) is 0 Å². The van der Waals surface area contributed by atoms with E-state index in [1.54, 1.807) is 20.3 Å². The van der Waals surface area contributed by atoms with Crippen molar-refractivity contribution in [2.75, 3.05) is 33.9 Å². The minimum atomic E-state index is -0.217. The van der Waals surface area contributed by atoms with Gasteiger partial charge in [-0.3, -0.25) is 4.79 Å². The van der Waals surface area contributed by atoms with Crippen molar-refractivity contribution >= 4 is 5.91 Å². The van der Waals surface area contributed by atoms with Gasteiger partial charge in [-0.1, -0.05) is 30.3 Å². The molecule has 0 saturated carbocycles. The van der Waals surface area contributed by atoms with E-state index in [-0.39, 0.29) is 23.7 Å². The summed E-state index contributed by atoms with van der Waals surface area (Å²) in [7, 11) is 3.37. The second kappa shape index (κ2) is 10.8. The molecule has 34 heavy (non-hydrogen) atoms. The maximum absolute atomic E-state index is 13.3. The van der Waals surface area contributed by atoms with Crippen LogP contribution in [-0.4, -0.2) is 56.4 Å². The molecule has 1 spiro atoms. The second-order valence-corrected chi connectivity index (χ2v) is 9.79. The summed E-state index contributed by atoms with van der Waals surface area (Å²) in [6.07, 6.45) is 3.69. The topological polar surface area (TPSA) is 57.2 Å². The van der Waals surface area contributed by atoms with Crippen molar-refractivity contribution in [2.45, 2.75) is 57.3 Å². The molecule has 6 heteroatoms. The third kappa shape index (κ3) is 5.56. The molecule has 0 N–H and O–H groups in total. The highest BCUT2D eigenvalue weighted by Gasteiger charge is 2.44. The molecule has 2 aliphatic rings. The summed E-state index contributed by atoms with van der Waals surface area (Å²) in [6.45, 7) is 6.02. The average Bonchev–Trinajstić information content (AvgIpc) is 2.84. The second-order valence-electron chi connectivity index (χ2n) is 9.79. The number of hydrogen-bond acceptors (Lipinski definition) is 5. The molecule has 2 aromatic carbocycles. The minimum Gasteiger partial charge on any atom is -0.493 e. The van der Waals surface area contributed by atoms with Gasteiger partial charge in [-0.05, 0) is 69.2 Å². The normalized spacial score (nSPS) is 22.1. The SMILES string of the molecule is COCC1CC(c2ccccc2)OC2(CCN(C(=O)c3ccc(OC(C)C)c(OC)c3)CC2)C1. The smallest absolute Gasteiger partial charge is 0.253 e. The van der Waals surface area contributed by atoms with Crippen LogP contribution in [0.25, 0.3) is 0 Å². The van der Waals surface area contributed by atoms with E-state index in [0.29, 0.717) is 36.1 Å². The fourth-order valence-electron chi connectivity index (χ4n) is 5.32. The first kappa shape index (κ1) is 24.6. The van der Waals surface area contributed by atoms with E-state index >= 15 is 0 Å². The Morgan fingerprint density at radius 1 is 1.09 bits per heavy atom. The van der Waals surface area contributed by atoms with E-state index < -0.39 is 0 Å². The van der Waals surface area contributed by atoms with Gasteiger partial charge in [-0.2, -0.15) is 0 Å². The van der Waals surface area contributed by atoms with Gasteiger partial charge in [0, 0.05) is 32.4 Å². The van der Waals surface area contributed by atoms with Crippen LogP contribution in [-0.2, 0) is 9.47 Å². The monoisotopic (exact) mass is 467 g/mol. The number of carbonyl (C=O) groups excluding carboxylic acids is 1. The largest absolute Gasteiger partial charge is 0.493 e. The first-order valence-electron chi connectivity index (χ1n) is 12.3. The number of rotatable bonds is 7. The lowest BCUT2D eigenvalue weighted by molar-refractivity contribution is -0.173. The Morgan fingerprint density at radius 2 is 1.82 bits per heavy atom. The van der Waals surface area contributed by atoms with Crippen LogP contribution in [0.15, 0.2) is 48.5 Å². The highest BCUT2D eigenvalue weighted by molar-refractivity contribution is 5.95. The van der Waals surface area contributed by atoms with Crippen molar-refractivity contribution in [3.63, 3.8) is 0 Å². The van der Waals surface area contributed by atoms with Crippen LogP contribution < -0.4 is 9.47 Å². The van der Waals surface area contributed by atoms with Crippen molar-refractivity contribution in [1.82, 2.24) is 4.90 Å². The molecule has 184 valence electrons. The molecule has 2 heterocycles. The lowest BCUT2D eigenvalue weighted by Crippen LogP contribution is -2.51. The van der Waals surface area contributed by atoms with Gasteiger partial charge in [0.2, 0.25) is 0 Å². The van der Waals surface area contributed by atoms with Crippen molar-refractivity contribution in [3.05, 3.63) is 59.7 Å². The van der Waals surface area contributed by atoms with Gasteiger partial charge < -0.3 is 23.8 Å². The quantitative estimate of drug-likeness (QED) is 0.555. The fraction of sp³-hybridized carbons (Fsp3) is 0.536. The van der Waals surface area contributed by atoms with Crippen LogP contribution in [0.4, 0.5) is 0 Å². The Balaban J connectivity index is 1.45. The van der Waals surface area contributed by atoms with Crippen molar-refractivity contribution in [2.24, 2.45) is 5.92 Å². The molecule has 2 saturated heterocycles. The number of methoxy groups -OCH3 is 2.